The molecule has 1 aliphatic heterocycles. The molecule has 1 saturated heterocycles. The lowest BCUT2D eigenvalue weighted by Crippen LogP contribution is -2.50. The number of ether oxygens (including phenoxy) is 1. The minimum Gasteiger partial charge on any atom is -0.495 e. The summed E-state index contributed by atoms with van der Waals surface area (Å²) in [6.07, 6.45) is 0. The number of para-hydroxylation sites is 2. The van der Waals surface area contributed by atoms with Crippen molar-refractivity contribution in [3.63, 3.8) is 0 Å². The van der Waals surface area contributed by atoms with Gasteiger partial charge in [-0.1, -0.05) is 12.1 Å². The maximum Gasteiger partial charge on any atom is 0.286 e. The molecule has 0 aliphatic carbocycles. The molecule has 7 heteroatoms. The third kappa shape index (κ3) is 3.66. The van der Waals surface area contributed by atoms with Gasteiger partial charge in [-0.3, -0.25) is 14.5 Å². The molecule has 2 aromatic rings. The molecule has 0 unspecified atom stereocenters. The van der Waals surface area contributed by atoms with E-state index in [0.29, 0.717) is 31.1 Å². The van der Waals surface area contributed by atoms with Crippen LogP contribution in [-0.2, 0) is 11.3 Å². The summed E-state index contributed by atoms with van der Waals surface area (Å²) in [7, 11) is 3.15. The molecule has 2 amide bonds. The number of nitrogens with one attached hydrogen (secondary N) is 1. The molecule has 25 heavy (non-hydrogen) atoms. The van der Waals surface area contributed by atoms with Crippen molar-refractivity contribution in [2.75, 3.05) is 38.7 Å². The van der Waals surface area contributed by atoms with E-state index in [1.165, 1.54) is 0 Å². The quantitative estimate of drug-likeness (QED) is 0.890. The number of piperazine rings is 1. The maximum atomic E-state index is 12.6. The van der Waals surface area contributed by atoms with Gasteiger partial charge < -0.3 is 19.4 Å². The molecule has 132 valence electrons. The first-order valence-corrected chi connectivity index (χ1v) is 8.09. The van der Waals surface area contributed by atoms with Crippen molar-refractivity contribution in [2.24, 2.45) is 0 Å². The molecule has 0 spiro atoms. The van der Waals surface area contributed by atoms with Crippen LogP contribution in [0.3, 0.4) is 0 Å². The van der Waals surface area contributed by atoms with Crippen LogP contribution in [0.4, 0.5) is 5.69 Å². The van der Waals surface area contributed by atoms with E-state index in [1.807, 2.05) is 29.2 Å². The highest BCUT2D eigenvalue weighted by molar-refractivity contribution is 5.97. The fourth-order valence-corrected chi connectivity index (χ4v) is 2.89. The normalized spacial score (nSPS) is 15.3. The van der Waals surface area contributed by atoms with Gasteiger partial charge in [0.05, 0.1) is 25.9 Å². The first-order valence-electron chi connectivity index (χ1n) is 8.09. The minimum absolute atomic E-state index is 0.00818. The number of furan rings is 1. The summed E-state index contributed by atoms with van der Waals surface area (Å²) in [5.41, 5.74) is 0.787. The molecule has 1 aromatic carbocycles. The molecule has 1 N–H and O–H groups in total. The van der Waals surface area contributed by atoms with Gasteiger partial charge >= 0.3 is 0 Å². The lowest BCUT2D eigenvalue weighted by atomic mass is 10.2. The number of rotatable bonds is 5. The number of amides is 2. The first-order chi connectivity index (χ1) is 12.1. The number of nitrogens with zero attached hydrogens (tertiary/aromatic N) is 2. The average molecular weight is 343 g/mol. The molecule has 0 atom stereocenters. The van der Waals surface area contributed by atoms with Gasteiger partial charge in [0, 0.05) is 20.1 Å². The molecular formula is C18H21N3O4. The van der Waals surface area contributed by atoms with E-state index in [-0.39, 0.29) is 24.1 Å². The highest BCUT2D eigenvalue weighted by Crippen LogP contribution is 2.29. The van der Waals surface area contributed by atoms with E-state index >= 15 is 0 Å². The predicted molar refractivity (Wildman–Crippen MR) is 92.7 cm³/mol. The Morgan fingerprint density at radius 1 is 1.24 bits per heavy atom. The lowest BCUT2D eigenvalue weighted by molar-refractivity contribution is -0.121. The smallest absolute Gasteiger partial charge is 0.286 e. The van der Waals surface area contributed by atoms with Gasteiger partial charge in [0.1, 0.15) is 11.5 Å². The summed E-state index contributed by atoms with van der Waals surface area (Å²) < 4.78 is 10.9. The predicted octanol–water partition coefficient (Wildman–Crippen LogP) is 1.50. The second-order valence-electron chi connectivity index (χ2n) is 5.77. The zero-order valence-electron chi connectivity index (χ0n) is 14.3. The molecule has 3 rings (SSSR count). The number of benzene rings is 1. The van der Waals surface area contributed by atoms with Gasteiger partial charge in [-0.05, 0) is 24.3 Å². The van der Waals surface area contributed by atoms with Crippen LogP contribution in [0.2, 0.25) is 0 Å². The van der Waals surface area contributed by atoms with Crippen molar-refractivity contribution >= 4 is 17.5 Å². The molecule has 1 aliphatic rings. The average Bonchev–Trinajstić information content (AvgIpc) is 3.09. The summed E-state index contributed by atoms with van der Waals surface area (Å²) in [6.45, 7) is 2.05. The van der Waals surface area contributed by atoms with Crippen LogP contribution in [0.25, 0.3) is 0 Å². The Hall–Kier alpha value is -2.80. The van der Waals surface area contributed by atoms with Crippen molar-refractivity contribution in [1.29, 1.82) is 0 Å². The molecule has 2 heterocycles. The van der Waals surface area contributed by atoms with E-state index in [2.05, 4.69) is 5.32 Å². The van der Waals surface area contributed by atoms with Crippen molar-refractivity contribution < 1.29 is 18.7 Å². The number of hydrogen-bond donors (Lipinski definition) is 1. The molecule has 7 nitrogen and oxygen atoms in total. The molecule has 1 fully saturated rings. The minimum atomic E-state index is -0.261. The molecule has 0 bridgehead atoms. The van der Waals surface area contributed by atoms with E-state index in [1.54, 1.807) is 31.2 Å². The number of methoxy groups -OCH3 is 1. The van der Waals surface area contributed by atoms with Crippen LogP contribution >= 0.6 is 0 Å². The van der Waals surface area contributed by atoms with Crippen LogP contribution in [-0.4, -0.2) is 50.5 Å². The fourth-order valence-electron chi connectivity index (χ4n) is 2.89. The Bertz CT molecular complexity index is 771. The Labute approximate surface area is 146 Å². The van der Waals surface area contributed by atoms with Crippen LogP contribution in [0, 0.1) is 0 Å². The van der Waals surface area contributed by atoms with Crippen LogP contribution in [0.15, 0.2) is 40.8 Å². The number of anilines is 1. The van der Waals surface area contributed by atoms with Crippen LogP contribution in [0.1, 0.15) is 16.3 Å². The number of carbonyl (C=O) groups is 2. The van der Waals surface area contributed by atoms with Gasteiger partial charge in [0.2, 0.25) is 5.91 Å². The lowest BCUT2D eigenvalue weighted by Gasteiger charge is -2.34. The van der Waals surface area contributed by atoms with Crippen molar-refractivity contribution in [2.45, 2.75) is 6.54 Å². The zero-order chi connectivity index (χ0) is 17.8. The van der Waals surface area contributed by atoms with Gasteiger partial charge in [0.25, 0.3) is 5.91 Å². The van der Waals surface area contributed by atoms with Crippen molar-refractivity contribution in [1.82, 2.24) is 10.2 Å². The topological polar surface area (TPSA) is 75.0 Å². The van der Waals surface area contributed by atoms with Gasteiger partial charge in [-0.2, -0.15) is 0 Å². The Morgan fingerprint density at radius 3 is 2.76 bits per heavy atom. The second-order valence-corrected chi connectivity index (χ2v) is 5.77. The molecule has 1 aromatic heterocycles. The number of hydrogen-bond acceptors (Lipinski definition) is 5. The zero-order valence-corrected chi connectivity index (χ0v) is 14.3. The summed E-state index contributed by atoms with van der Waals surface area (Å²) >= 11 is 0. The number of carbonyl (C=O) groups excluding carboxylic acids is 2. The Kier molecular flexibility index (Phi) is 5.04. The summed E-state index contributed by atoms with van der Waals surface area (Å²) in [5, 5.41) is 2.52. The van der Waals surface area contributed by atoms with Gasteiger partial charge in [0.15, 0.2) is 5.76 Å². The Morgan fingerprint density at radius 2 is 2.04 bits per heavy atom. The van der Waals surface area contributed by atoms with Gasteiger partial charge in [-0.25, -0.2) is 0 Å². The van der Waals surface area contributed by atoms with Crippen LogP contribution in [0.5, 0.6) is 5.75 Å². The SMILES string of the molecule is CNC(=O)c1ccc(CN2CCN(c3ccccc3OC)C(=O)C2)o1. The summed E-state index contributed by atoms with van der Waals surface area (Å²) in [4.78, 5) is 27.8. The molecule has 0 saturated carbocycles. The third-order valence-corrected chi connectivity index (χ3v) is 4.17. The second kappa shape index (κ2) is 7.40. The largest absolute Gasteiger partial charge is 0.495 e. The molecule has 0 radical (unpaired) electrons. The van der Waals surface area contributed by atoms with E-state index in [9.17, 15) is 9.59 Å². The van der Waals surface area contributed by atoms with Crippen molar-refractivity contribution in [3.8, 4) is 5.75 Å². The fraction of sp³-hybridized carbons (Fsp3) is 0.333. The Balaban J connectivity index is 1.65. The maximum absolute atomic E-state index is 12.6. The third-order valence-electron chi connectivity index (χ3n) is 4.17. The van der Waals surface area contributed by atoms with Crippen molar-refractivity contribution in [3.05, 3.63) is 47.9 Å². The van der Waals surface area contributed by atoms with E-state index in [4.69, 9.17) is 9.15 Å². The van der Waals surface area contributed by atoms with Crippen LogP contribution < -0.4 is 15.0 Å². The highest BCUT2D eigenvalue weighted by atomic mass is 16.5. The standard InChI is InChI=1S/C18H21N3O4/c1-19-18(23)16-8-7-13(25-16)11-20-9-10-21(17(22)12-20)14-5-3-4-6-15(14)24-2/h3-8H,9-12H2,1-2H3,(H,19,23). The monoisotopic (exact) mass is 343 g/mol. The summed E-state index contributed by atoms with van der Waals surface area (Å²) in [5.74, 6) is 1.37. The summed E-state index contributed by atoms with van der Waals surface area (Å²) in [6, 6.07) is 10.9. The van der Waals surface area contributed by atoms with E-state index in [0.717, 1.165) is 5.69 Å². The first kappa shape index (κ1) is 17.0. The van der Waals surface area contributed by atoms with E-state index < -0.39 is 0 Å². The van der Waals surface area contributed by atoms with Gasteiger partial charge in [-0.15, -0.1) is 0 Å². The highest BCUT2D eigenvalue weighted by Gasteiger charge is 2.27. The molecular weight excluding hydrogens is 322 g/mol.